The second kappa shape index (κ2) is 7.41. The molecule has 1 atom stereocenters. The molecule has 1 aromatic heterocycles. The molecule has 1 fully saturated rings. The number of hydrogen-bond donors (Lipinski definition) is 1. The highest BCUT2D eigenvalue weighted by Crippen LogP contribution is 2.28. The van der Waals surface area contributed by atoms with Gasteiger partial charge in [-0.15, -0.1) is 0 Å². The monoisotopic (exact) mass is 292 g/mol. The first-order valence-electron chi connectivity index (χ1n) is 8.62. The van der Waals surface area contributed by atoms with Gasteiger partial charge in [0.25, 0.3) is 0 Å². The van der Waals surface area contributed by atoms with E-state index in [9.17, 15) is 0 Å². The average molecular weight is 292 g/mol. The molecule has 0 spiro atoms. The molecule has 120 valence electrons. The molecule has 0 saturated heterocycles. The van der Waals surface area contributed by atoms with Crippen LogP contribution in [-0.4, -0.2) is 33.3 Å². The summed E-state index contributed by atoms with van der Waals surface area (Å²) in [6.07, 6.45) is 9.90. The van der Waals surface area contributed by atoms with Gasteiger partial charge in [0.15, 0.2) is 0 Å². The third-order valence-electron chi connectivity index (χ3n) is 5.31. The maximum Gasteiger partial charge on any atom is 0.0765 e. The van der Waals surface area contributed by atoms with E-state index in [2.05, 4.69) is 42.6 Å². The van der Waals surface area contributed by atoms with Crippen LogP contribution in [0.5, 0.6) is 0 Å². The molecule has 0 amide bonds. The third-order valence-corrected chi connectivity index (χ3v) is 5.31. The SMILES string of the molecule is CCN(Cc1ccn(C2CCCCC2)n1)C(C)(CC)CN. The van der Waals surface area contributed by atoms with Crippen molar-refractivity contribution in [3.05, 3.63) is 18.0 Å². The van der Waals surface area contributed by atoms with Crippen molar-refractivity contribution in [1.82, 2.24) is 14.7 Å². The first-order valence-corrected chi connectivity index (χ1v) is 8.62. The maximum absolute atomic E-state index is 6.00. The van der Waals surface area contributed by atoms with E-state index in [1.54, 1.807) is 0 Å². The van der Waals surface area contributed by atoms with Crippen molar-refractivity contribution >= 4 is 0 Å². The predicted molar refractivity (Wildman–Crippen MR) is 88.2 cm³/mol. The summed E-state index contributed by atoms with van der Waals surface area (Å²) in [5.41, 5.74) is 7.25. The zero-order chi connectivity index (χ0) is 15.3. The Morgan fingerprint density at radius 2 is 2.05 bits per heavy atom. The lowest BCUT2D eigenvalue weighted by atomic mass is 9.96. The highest BCUT2D eigenvalue weighted by Gasteiger charge is 2.28. The Kier molecular flexibility index (Phi) is 5.82. The third kappa shape index (κ3) is 3.86. The molecule has 21 heavy (non-hydrogen) atoms. The molecular formula is C17H32N4. The topological polar surface area (TPSA) is 47.1 Å². The standard InChI is InChI=1S/C17H32N4/c1-4-17(3,14-18)20(5-2)13-15-11-12-21(19-15)16-9-7-6-8-10-16/h11-12,16H,4-10,13-14,18H2,1-3H3. The van der Waals surface area contributed by atoms with Crippen molar-refractivity contribution < 1.29 is 0 Å². The Labute approximate surface area is 129 Å². The van der Waals surface area contributed by atoms with E-state index in [1.165, 1.54) is 37.8 Å². The predicted octanol–water partition coefficient (Wildman–Crippen LogP) is 3.34. The summed E-state index contributed by atoms with van der Waals surface area (Å²) >= 11 is 0. The van der Waals surface area contributed by atoms with Crippen LogP contribution in [0.25, 0.3) is 0 Å². The number of hydrogen-bond acceptors (Lipinski definition) is 3. The van der Waals surface area contributed by atoms with Crippen molar-refractivity contribution in [1.29, 1.82) is 0 Å². The van der Waals surface area contributed by atoms with Crippen LogP contribution in [-0.2, 0) is 6.54 Å². The lowest BCUT2D eigenvalue weighted by Crippen LogP contribution is -2.50. The molecule has 4 nitrogen and oxygen atoms in total. The summed E-state index contributed by atoms with van der Waals surface area (Å²) in [5, 5.41) is 4.84. The Balaban J connectivity index is 2.03. The maximum atomic E-state index is 6.00. The molecule has 1 aromatic rings. The van der Waals surface area contributed by atoms with E-state index in [1.807, 2.05) is 0 Å². The molecule has 4 heteroatoms. The normalized spacial score (nSPS) is 19.9. The van der Waals surface area contributed by atoms with E-state index >= 15 is 0 Å². The summed E-state index contributed by atoms with van der Waals surface area (Å²) in [7, 11) is 0. The van der Waals surface area contributed by atoms with Gasteiger partial charge in [-0.1, -0.05) is 33.1 Å². The van der Waals surface area contributed by atoms with Gasteiger partial charge in [-0.3, -0.25) is 9.58 Å². The van der Waals surface area contributed by atoms with Crippen molar-refractivity contribution in [2.45, 2.75) is 77.4 Å². The molecule has 0 bridgehead atoms. The summed E-state index contributed by atoms with van der Waals surface area (Å²) < 4.78 is 2.20. The first-order chi connectivity index (χ1) is 10.1. The Morgan fingerprint density at radius 3 is 2.62 bits per heavy atom. The van der Waals surface area contributed by atoms with Crippen LogP contribution < -0.4 is 5.73 Å². The van der Waals surface area contributed by atoms with Crippen molar-refractivity contribution in [2.24, 2.45) is 5.73 Å². The van der Waals surface area contributed by atoms with Gasteiger partial charge < -0.3 is 5.73 Å². The van der Waals surface area contributed by atoms with Gasteiger partial charge in [-0.05, 0) is 38.8 Å². The molecule has 1 unspecified atom stereocenters. The molecular weight excluding hydrogens is 260 g/mol. The second-order valence-corrected chi connectivity index (χ2v) is 6.65. The molecule has 1 aliphatic rings. The Hall–Kier alpha value is -0.870. The minimum absolute atomic E-state index is 0.0728. The molecule has 1 saturated carbocycles. The van der Waals surface area contributed by atoms with Gasteiger partial charge in [0.05, 0.1) is 11.7 Å². The lowest BCUT2D eigenvalue weighted by molar-refractivity contribution is 0.102. The van der Waals surface area contributed by atoms with Gasteiger partial charge in [-0.2, -0.15) is 5.10 Å². The van der Waals surface area contributed by atoms with Crippen molar-refractivity contribution in [2.75, 3.05) is 13.1 Å². The van der Waals surface area contributed by atoms with Crippen LogP contribution in [0.3, 0.4) is 0 Å². The fraction of sp³-hybridized carbons (Fsp3) is 0.824. The van der Waals surface area contributed by atoms with Crippen LogP contribution in [0.4, 0.5) is 0 Å². The summed E-state index contributed by atoms with van der Waals surface area (Å²) in [6.45, 7) is 9.29. The van der Waals surface area contributed by atoms with Gasteiger partial charge in [-0.25, -0.2) is 0 Å². The zero-order valence-corrected chi connectivity index (χ0v) is 14.0. The van der Waals surface area contributed by atoms with Gasteiger partial charge >= 0.3 is 0 Å². The fourth-order valence-electron chi connectivity index (χ4n) is 3.39. The highest BCUT2D eigenvalue weighted by atomic mass is 15.3. The number of aromatic nitrogens is 2. The molecule has 1 aliphatic carbocycles. The van der Waals surface area contributed by atoms with Crippen LogP contribution in [0, 0.1) is 0 Å². The van der Waals surface area contributed by atoms with E-state index in [0.717, 1.165) is 19.5 Å². The quantitative estimate of drug-likeness (QED) is 0.838. The van der Waals surface area contributed by atoms with Crippen molar-refractivity contribution in [3.63, 3.8) is 0 Å². The first kappa shape index (κ1) is 16.5. The fourth-order valence-corrected chi connectivity index (χ4v) is 3.39. The molecule has 0 aliphatic heterocycles. The van der Waals surface area contributed by atoms with Crippen LogP contribution >= 0.6 is 0 Å². The highest BCUT2D eigenvalue weighted by molar-refractivity contribution is 5.02. The summed E-state index contributed by atoms with van der Waals surface area (Å²) in [6, 6.07) is 2.80. The number of nitrogens with two attached hydrogens (primary N) is 1. The van der Waals surface area contributed by atoms with Crippen LogP contribution in [0.1, 0.15) is 71.0 Å². The molecule has 1 heterocycles. The van der Waals surface area contributed by atoms with E-state index < -0.39 is 0 Å². The number of nitrogens with zero attached hydrogens (tertiary/aromatic N) is 3. The number of likely N-dealkylation sites (N-methyl/N-ethyl adjacent to an activating group) is 1. The second-order valence-electron chi connectivity index (χ2n) is 6.65. The Bertz CT molecular complexity index is 416. The zero-order valence-electron chi connectivity index (χ0n) is 14.0. The minimum atomic E-state index is 0.0728. The lowest BCUT2D eigenvalue weighted by Gasteiger charge is -2.39. The largest absolute Gasteiger partial charge is 0.329 e. The summed E-state index contributed by atoms with van der Waals surface area (Å²) in [4.78, 5) is 2.46. The Morgan fingerprint density at radius 1 is 1.33 bits per heavy atom. The van der Waals surface area contributed by atoms with Crippen LogP contribution in [0.2, 0.25) is 0 Å². The van der Waals surface area contributed by atoms with E-state index in [-0.39, 0.29) is 5.54 Å². The molecule has 0 aromatic carbocycles. The molecule has 0 radical (unpaired) electrons. The molecule has 2 rings (SSSR count). The number of rotatable bonds is 7. The smallest absolute Gasteiger partial charge is 0.0765 e. The van der Waals surface area contributed by atoms with Gasteiger partial charge in [0.2, 0.25) is 0 Å². The average Bonchev–Trinajstić information content (AvgIpc) is 3.01. The van der Waals surface area contributed by atoms with E-state index in [0.29, 0.717) is 12.6 Å². The van der Waals surface area contributed by atoms with E-state index in [4.69, 9.17) is 10.8 Å². The van der Waals surface area contributed by atoms with Gasteiger partial charge in [0, 0.05) is 24.8 Å². The molecule has 2 N–H and O–H groups in total. The van der Waals surface area contributed by atoms with Crippen molar-refractivity contribution in [3.8, 4) is 0 Å². The summed E-state index contributed by atoms with van der Waals surface area (Å²) in [5.74, 6) is 0. The minimum Gasteiger partial charge on any atom is -0.329 e. The van der Waals surface area contributed by atoms with Crippen LogP contribution in [0.15, 0.2) is 12.3 Å². The van der Waals surface area contributed by atoms with Gasteiger partial charge in [0.1, 0.15) is 0 Å².